The zero-order valence-electron chi connectivity index (χ0n) is 24.8. The molecular formula is C32H40N6O4. The molecule has 5 rings (SSSR count). The van der Waals surface area contributed by atoms with Crippen LogP contribution in [0.5, 0.6) is 17.2 Å². The van der Waals surface area contributed by atoms with E-state index in [2.05, 4.69) is 48.0 Å². The second-order valence-corrected chi connectivity index (χ2v) is 10.8. The van der Waals surface area contributed by atoms with Crippen molar-refractivity contribution in [1.82, 2.24) is 29.7 Å². The van der Waals surface area contributed by atoms with Crippen LogP contribution in [0.2, 0.25) is 0 Å². The normalized spacial score (nSPS) is 11.7. The van der Waals surface area contributed by atoms with E-state index in [1.807, 2.05) is 54.6 Å². The molecule has 0 amide bonds. The summed E-state index contributed by atoms with van der Waals surface area (Å²) in [6, 6.07) is 17.6. The molecule has 0 radical (unpaired) electrons. The Morgan fingerprint density at radius 2 is 1.24 bits per heavy atom. The fraction of sp³-hybridized carbons (Fsp3) is 0.375. The van der Waals surface area contributed by atoms with Crippen molar-refractivity contribution in [2.45, 2.75) is 12.8 Å². The van der Waals surface area contributed by atoms with Gasteiger partial charge in [-0.3, -0.25) is 0 Å². The van der Waals surface area contributed by atoms with Gasteiger partial charge in [-0.1, -0.05) is 6.07 Å². The first-order chi connectivity index (χ1) is 20.4. The molecule has 0 atom stereocenters. The molecule has 3 aromatic carbocycles. The molecule has 0 saturated carbocycles. The molecule has 42 heavy (non-hydrogen) atoms. The summed E-state index contributed by atoms with van der Waals surface area (Å²) in [7, 11) is 8.23. The number of aliphatic hydroxyl groups is 1. The summed E-state index contributed by atoms with van der Waals surface area (Å²) in [4.78, 5) is 20.7. The lowest BCUT2D eigenvalue weighted by molar-refractivity contribution is 0.202. The van der Waals surface area contributed by atoms with E-state index in [-0.39, 0.29) is 13.2 Å². The third-order valence-corrected chi connectivity index (χ3v) is 6.80. The van der Waals surface area contributed by atoms with E-state index in [0.29, 0.717) is 24.8 Å². The average molecular weight is 573 g/mol. The molecule has 222 valence electrons. The number of rotatable bonds is 15. The van der Waals surface area contributed by atoms with Crippen LogP contribution in [0.15, 0.2) is 54.6 Å². The van der Waals surface area contributed by atoms with Crippen molar-refractivity contribution in [1.29, 1.82) is 0 Å². The predicted molar refractivity (Wildman–Crippen MR) is 167 cm³/mol. The van der Waals surface area contributed by atoms with Crippen molar-refractivity contribution in [2.75, 3.05) is 67.7 Å². The molecule has 0 bridgehead atoms. The van der Waals surface area contributed by atoms with Gasteiger partial charge in [-0.15, -0.1) is 0 Å². The van der Waals surface area contributed by atoms with Gasteiger partial charge in [-0.2, -0.15) is 0 Å². The predicted octanol–water partition coefficient (Wildman–Crippen LogP) is 4.81. The fourth-order valence-corrected chi connectivity index (χ4v) is 4.70. The standard InChI is InChI=1S/C32H40N6O4/c1-37(2)13-5-16-40-23-8-11-26-28(20-23)35-31(33-26)22-7-10-25(30(19-22)42-18-15-39)32-34-27-12-9-24(21-29(27)36-32)41-17-6-14-38(3)4/h7-12,19-21,39H,5-6,13-18H2,1-4H3,(H,33,35)(H,34,36). The minimum atomic E-state index is -0.0969. The summed E-state index contributed by atoms with van der Waals surface area (Å²) in [5.74, 6) is 3.61. The Balaban J connectivity index is 1.36. The number of aromatic amines is 2. The average Bonchev–Trinajstić information content (AvgIpc) is 3.60. The van der Waals surface area contributed by atoms with Crippen molar-refractivity contribution in [3.63, 3.8) is 0 Å². The molecule has 10 nitrogen and oxygen atoms in total. The van der Waals surface area contributed by atoms with Crippen LogP contribution in [-0.2, 0) is 0 Å². The van der Waals surface area contributed by atoms with E-state index >= 15 is 0 Å². The molecule has 0 aliphatic rings. The summed E-state index contributed by atoms with van der Waals surface area (Å²) < 4.78 is 17.8. The van der Waals surface area contributed by atoms with Crippen LogP contribution in [0.3, 0.4) is 0 Å². The van der Waals surface area contributed by atoms with Crippen LogP contribution in [0, 0.1) is 0 Å². The van der Waals surface area contributed by atoms with Crippen molar-refractivity contribution < 1.29 is 19.3 Å². The lowest BCUT2D eigenvalue weighted by Crippen LogP contribution is -2.15. The molecule has 10 heteroatoms. The first-order valence-corrected chi connectivity index (χ1v) is 14.3. The molecule has 2 heterocycles. The zero-order chi connectivity index (χ0) is 29.5. The molecule has 0 saturated heterocycles. The Morgan fingerprint density at radius 3 is 1.81 bits per heavy atom. The van der Waals surface area contributed by atoms with Crippen molar-refractivity contribution in [2.24, 2.45) is 0 Å². The topological polar surface area (TPSA) is 112 Å². The van der Waals surface area contributed by atoms with E-state index < -0.39 is 0 Å². The van der Waals surface area contributed by atoms with E-state index in [0.717, 1.165) is 76.4 Å². The summed E-state index contributed by atoms with van der Waals surface area (Å²) in [5.41, 5.74) is 5.12. The van der Waals surface area contributed by atoms with Gasteiger partial charge in [0.2, 0.25) is 0 Å². The van der Waals surface area contributed by atoms with Crippen molar-refractivity contribution in [3.8, 4) is 40.0 Å². The lowest BCUT2D eigenvalue weighted by atomic mass is 10.1. The van der Waals surface area contributed by atoms with Gasteiger partial charge in [0.05, 0.1) is 47.5 Å². The highest BCUT2D eigenvalue weighted by molar-refractivity contribution is 5.84. The van der Waals surface area contributed by atoms with Crippen molar-refractivity contribution >= 4 is 22.1 Å². The van der Waals surface area contributed by atoms with Crippen LogP contribution >= 0.6 is 0 Å². The number of hydrogen-bond donors (Lipinski definition) is 3. The summed E-state index contributed by atoms with van der Waals surface area (Å²) in [6.45, 7) is 3.33. The molecule has 0 unspecified atom stereocenters. The smallest absolute Gasteiger partial charge is 0.142 e. The highest BCUT2D eigenvalue weighted by Gasteiger charge is 2.15. The van der Waals surface area contributed by atoms with E-state index in [9.17, 15) is 5.11 Å². The Kier molecular flexibility index (Phi) is 9.58. The maximum Gasteiger partial charge on any atom is 0.142 e. The van der Waals surface area contributed by atoms with Crippen LogP contribution < -0.4 is 14.2 Å². The first-order valence-electron chi connectivity index (χ1n) is 14.3. The molecule has 5 aromatic rings. The summed E-state index contributed by atoms with van der Waals surface area (Å²) in [6.07, 6.45) is 1.91. The largest absolute Gasteiger partial charge is 0.493 e. The summed E-state index contributed by atoms with van der Waals surface area (Å²) in [5, 5.41) is 9.47. The van der Waals surface area contributed by atoms with Crippen LogP contribution in [0.1, 0.15) is 12.8 Å². The van der Waals surface area contributed by atoms with Gasteiger partial charge >= 0.3 is 0 Å². The minimum absolute atomic E-state index is 0.0969. The van der Waals surface area contributed by atoms with Gasteiger partial charge in [0, 0.05) is 30.8 Å². The van der Waals surface area contributed by atoms with Crippen LogP contribution in [0.25, 0.3) is 44.8 Å². The van der Waals surface area contributed by atoms with Gasteiger partial charge in [0.1, 0.15) is 35.5 Å². The van der Waals surface area contributed by atoms with Crippen molar-refractivity contribution in [3.05, 3.63) is 54.6 Å². The number of nitrogens with one attached hydrogen (secondary N) is 2. The number of ether oxygens (including phenoxy) is 3. The summed E-state index contributed by atoms with van der Waals surface area (Å²) >= 11 is 0. The molecule has 0 aliphatic carbocycles. The van der Waals surface area contributed by atoms with Gasteiger partial charge in [-0.25, -0.2) is 9.97 Å². The Hall–Kier alpha value is -4.12. The van der Waals surface area contributed by atoms with Gasteiger partial charge < -0.3 is 39.1 Å². The quantitative estimate of drug-likeness (QED) is 0.153. The maximum absolute atomic E-state index is 9.47. The highest BCUT2D eigenvalue weighted by atomic mass is 16.5. The number of imidazole rings is 2. The zero-order valence-corrected chi connectivity index (χ0v) is 24.8. The Labute approximate surface area is 246 Å². The fourth-order valence-electron chi connectivity index (χ4n) is 4.70. The maximum atomic E-state index is 9.47. The van der Waals surface area contributed by atoms with E-state index in [1.165, 1.54) is 0 Å². The van der Waals surface area contributed by atoms with Gasteiger partial charge in [0.25, 0.3) is 0 Å². The molecule has 0 fully saturated rings. The molecule has 0 spiro atoms. The Morgan fingerprint density at radius 1 is 0.667 bits per heavy atom. The molecule has 3 N–H and O–H groups in total. The number of aromatic nitrogens is 4. The van der Waals surface area contributed by atoms with E-state index in [1.54, 1.807) is 0 Å². The third kappa shape index (κ3) is 7.39. The Bertz CT molecular complexity index is 1610. The first kappa shape index (κ1) is 29.4. The number of fused-ring (bicyclic) bond motifs is 2. The monoisotopic (exact) mass is 572 g/mol. The minimum Gasteiger partial charge on any atom is -0.493 e. The molecule has 2 aromatic heterocycles. The SMILES string of the molecule is CN(C)CCCOc1ccc2nc(-c3ccc(-c4nc5ccc(OCCCN(C)C)cc5[nH]4)c(OCCO)c3)[nH]c2c1. The van der Waals surface area contributed by atoms with E-state index in [4.69, 9.17) is 24.2 Å². The number of aliphatic hydroxyl groups excluding tert-OH is 1. The highest BCUT2D eigenvalue weighted by Crippen LogP contribution is 2.34. The number of H-pyrrole nitrogens is 2. The number of hydrogen-bond acceptors (Lipinski definition) is 8. The second kappa shape index (κ2) is 13.7. The van der Waals surface area contributed by atoms with Gasteiger partial charge in [0.15, 0.2) is 0 Å². The van der Waals surface area contributed by atoms with Crippen LogP contribution in [-0.4, -0.2) is 103 Å². The number of benzene rings is 3. The molecular weight excluding hydrogens is 532 g/mol. The third-order valence-electron chi connectivity index (χ3n) is 6.80. The molecule has 0 aliphatic heterocycles. The lowest BCUT2D eigenvalue weighted by Gasteiger charge is -2.11. The van der Waals surface area contributed by atoms with Gasteiger partial charge in [-0.05, 0) is 77.4 Å². The van der Waals surface area contributed by atoms with Crippen LogP contribution in [0.4, 0.5) is 0 Å². The second-order valence-electron chi connectivity index (χ2n) is 10.8. The number of nitrogens with zero attached hydrogens (tertiary/aromatic N) is 4.